The summed E-state index contributed by atoms with van der Waals surface area (Å²) in [6.07, 6.45) is 8.04. The van der Waals surface area contributed by atoms with E-state index in [1.54, 1.807) is 0 Å². The molecule has 0 aromatic carbocycles. The molecule has 4 heteroatoms. The summed E-state index contributed by atoms with van der Waals surface area (Å²) in [6, 6.07) is 0.884. The molecule has 0 spiro atoms. The van der Waals surface area contributed by atoms with Crippen LogP contribution in [0.3, 0.4) is 0 Å². The Hall–Kier alpha value is -0.610. The molecular formula is C13H25N3O. The number of hydrogen-bond acceptors (Lipinski definition) is 3. The van der Waals surface area contributed by atoms with Crippen molar-refractivity contribution in [2.75, 3.05) is 19.6 Å². The fourth-order valence-electron chi connectivity index (χ4n) is 2.81. The van der Waals surface area contributed by atoms with E-state index in [1.807, 2.05) is 4.90 Å². The summed E-state index contributed by atoms with van der Waals surface area (Å²) in [5.74, 6) is 0.277. The number of amides is 1. The van der Waals surface area contributed by atoms with Gasteiger partial charge >= 0.3 is 0 Å². The first-order chi connectivity index (χ1) is 8.25. The lowest BCUT2D eigenvalue weighted by Gasteiger charge is -2.30. The number of carbonyl (C=O) groups is 1. The van der Waals surface area contributed by atoms with Gasteiger partial charge in [-0.05, 0) is 44.9 Å². The zero-order chi connectivity index (χ0) is 12.1. The van der Waals surface area contributed by atoms with Crippen molar-refractivity contribution in [2.24, 2.45) is 5.73 Å². The normalized spacial score (nSPS) is 30.3. The van der Waals surface area contributed by atoms with E-state index in [0.29, 0.717) is 18.6 Å². The summed E-state index contributed by atoms with van der Waals surface area (Å²) in [7, 11) is 0. The van der Waals surface area contributed by atoms with Crippen molar-refractivity contribution in [1.29, 1.82) is 0 Å². The van der Waals surface area contributed by atoms with Crippen LogP contribution in [0.15, 0.2) is 0 Å². The first kappa shape index (κ1) is 12.8. The molecule has 1 amide bonds. The zero-order valence-corrected chi connectivity index (χ0v) is 10.7. The lowest BCUT2D eigenvalue weighted by molar-refractivity contribution is -0.131. The standard InChI is InChI=1S/C13H25N3O/c14-11-4-6-12(7-5-11)15-10-13(17)16-8-2-1-3-9-16/h11-12,15H,1-10,14H2. The molecule has 17 heavy (non-hydrogen) atoms. The van der Waals surface area contributed by atoms with Crippen LogP contribution in [0.25, 0.3) is 0 Å². The third-order valence-electron chi connectivity index (χ3n) is 4.02. The predicted molar refractivity (Wildman–Crippen MR) is 68.7 cm³/mol. The molecule has 2 rings (SSSR count). The number of hydrogen-bond donors (Lipinski definition) is 2. The Bertz CT molecular complexity index is 243. The Kier molecular flexibility index (Phi) is 4.80. The van der Waals surface area contributed by atoms with Crippen molar-refractivity contribution >= 4 is 5.91 Å². The van der Waals surface area contributed by atoms with Crippen LogP contribution in [0, 0.1) is 0 Å². The van der Waals surface area contributed by atoms with Crippen molar-refractivity contribution in [3.8, 4) is 0 Å². The first-order valence-electron chi connectivity index (χ1n) is 7.02. The molecule has 98 valence electrons. The van der Waals surface area contributed by atoms with Gasteiger partial charge < -0.3 is 16.0 Å². The van der Waals surface area contributed by atoms with Crippen LogP contribution in [0.2, 0.25) is 0 Å². The number of piperidine rings is 1. The molecule has 3 N–H and O–H groups in total. The minimum Gasteiger partial charge on any atom is -0.342 e. The minimum atomic E-state index is 0.277. The van der Waals surface area contributed by atoms with Gasteiger partial charge in [0.15, 0.2) is 0 Å². The third kappa shape index (κ3) is 3.96. The van der Waals surface area contributed by atoms with Gasteiger partial charge in [0.05, 0.1) is 6.54 Å². The highest BCUT2D eigenvalue weighted by Crippen LogP contribution is 2.16. The molecule has 0 unspecified atom stereocenters. The van der Waals surface area contributed by atoms with Crippen LogP contribution in [-0.2, 0) is 4.79 Å². The summed E-state index contributed by atoms with van der Waals surface area (Å²) < 4.78 is 0. The molecule has 0 radical (unpaired) electrons. The molecule has 4 nitrogen and oxygen atoms in total. The second-order valence-electron chi connectivity index (χ2n) is 5.43. The average Bonchev–Trinajstić information content (AvgIpc) is 2.39. The second-order valence-corrected chi connectivity index (χ2v) is 5.43. The van der Waals surface area contributed by atoms with Crippen LogP contribution in [0.1, 0.15) is 44.9 Å². The quantitative estimate of drug-likeness (QED) is 0.768. The number of rotatable bonds is 3. The maximum absolute atomic E-state index is 11.9. The Morgan fingerprint density at radius 2 is 1.76 bits per heavy atom. The summed E-state index contributed by atoms with van der Waals surface area (Å²) >= 11 is 0. The van der Waals surface area contributed by atoms with Gasteiger partial charge in [-0.1, -0.05) is 0 Å². The molecule has 2 fully saturated rings. The average molecular weight is 239 g/mol. The van der Waals surface area contributed by atoms with Crippen LogP contribution < -0.4 is 11.1 Å². The largest absolute Gasteiger partial charge is 0.342 e. The maximum Gasteiger partial charge on any atom is 0.236 e. The zero-order valence-electron chi connectivity index (χ0n) is 10.7. The molecule has 2 aliphatic rings. The van der Waals surface area contributed by atoms with E-state index in [-0.39, 0.29) is 5.91 Å². The van der Waals surface area contributed by atoms with Crippen molar-refractivity contribution in [3.05, 3.63) is 0 Å². The number of carbonyl (C=O) groups excluding carboxylic acids is 1. The number of nitrogens with one attached hydrogen (secondary N) is 1. The molecule has 0 atom stereocenters. The monoisotopic (exact) mass is 239 g/mol. The van der Waals surface area contributed by atoms with E-state index in [0.717, 1.165) is 38.8 Å². The van der Waals surface area contributed by atoms with Crippen LogP contribution in [-0.4, -0.2) is 42.5 Å². The van der Waals surface area contributed by atoms with Crippen LogP contribution in [0.5, 0.6) is 0 Å². The number of likely N-dealkylation sites (tertiary alicyclic amines) is 1. The number of nitrogens with two attached hydrogens (primary N) is 1. The lowest BCUT2D eigenvalue weighted by atomic mass is 9.92. The highest BCUT2D eigenvalue weighted by Gasteiger charge is 2.20. The van der Waals surface area contributed by atoms with E-state index < -0.39 is 0 Å². The van der Waals surface area contributed by atoms with Crippen molar-refractivity contribution in [2.45, 2.75) is 57.0 Å². The first-order valence-corrected chi connectivity index (χ1v) is 7.02. The van der Waals surface area contributed by atoms with Crippen LogP contribution >= 0.6 is 0 Å². The fraction of sp³-hybridized carbons (Fsp3) is 0.923. The summed E-state index contributed by atoms with van der Waals surface area (Å²) in [4.78, 5) is 13.9. The number of nitrogens with zero attached hydrogens (tertiary/aromatic N) is 1. The molecule has 1 saturated carbocycles. The van der Waals surface area contributed by atoms with Gasteiger partial charge in [-0.25, -0.2) is 0 Å². The molecule has 1 saturated heterocycles. The van der Waals surface area contributed by atoms with Crippen molar-refractivity contribution in [1.82, 2.24) is 10.2 Å². The maximum atomic E-state index is 11.9. The van der Waals surface area contributed by atoms with E-state index in [9.17, 15) is 4.79 Å². The molecule has 0 bridgehead atoms. The summed E-state index contributed by atoms with van der Waals surface area (Å²) in [6.45, 7) is 2.42. The highest BCUT2D eigenvalue weighted by molar-refractivity contribution is 5.78. The highest BCUT2D eigenvalue weighted by atomic mass is 16.2. The van der Waals surface area contributed by atoms with Crippen molar-refractivity contribution in [3.63, 3.8) is 0 Å². The van der Waals surface area contributed by atoms with Crippen molar-refractivity contribution < 1.29 is 4.79 Å². The topological polar surface area (TPSA) is 58.4 Å². The lowest BCUT2D eigenvalue weighted by Crippen LogP contribution is -2.45. The van der Waals surface area contributed by atoms with E-state index in [2.05, 4.69) is 5.32 Å². The second kappa shape index (κ2) is 6.36. The van der Waals surface area contributed by atoms with Gasteiger partial charge in [-0.3, -0.25) is 4.79 Å². The van der Waals surface area contributed by atoms with E-state index >= 15 is 0 Å². The van der Waals surface area contributed by atoms with E-state index in [1.165, 1.54) is 19.3 Å². The molecule has 1 heterocycles. The van der Waals surface area contributed by atoms with Gasteiger partial charge in [0.1, 0.15) is 0 Å². The van der Waals surface area contributed by atoms with Gasteiger partial charge in [0, 0.05) is 25.2 Å². The van der Waals surface area contributed by atoms with Gasteiger partial charge in [-0.15, -0.1) is 0 Å². The van der Waals surface area contributed by atoms with Gasteiger partial charge in [0.25, 0.3) is 0 Å². The van der Waals surface area contributed by atoms with Crippen LogP contribution in [0.4, 0.5) is 0 Å². The summed E-state index contributed by atoms with van der Waals surface area (Å²) in [5.41, 5.74) is 5.87. The smallest absolute Gasteiger partial charge is 0.236 e. The molecule has 1 aliphatic carbocycles. The Morgan fingerprint density at radius 1 is 1.12 bits per heavy atom. The fourth-order valence-corrected chi connectivity index (χ4v) is 2.81. The predicted octanol–water partition coefficient (Wildman–Crippen LogP) is 0.858. The van der Waals surface area contributed by atoms with Gasteiger partial charge in [-0.2, -0.15) is 0 Å². The SMILES string of the molecule is NC1CCC(NCC(=O)N2CCCCC2)CC1. The molecular weight excluding hydrogens is 214 g/mol. The molecule has 0 aromatic rings. The molecule has 1 aliphatic heterocycles. The van der Waals surface area contributed by atoms with Gasteiger partial charge in [0.2, 0.25) is 5.91 Å². The Labute approximate surface area is 104 Å². The minimum absolute atomic E-state index is 0.277. The Balaban J connectivity index is 1.65. The third-order valence-corrected chi connectivity index (χ3v) is 4.02. The van der Waals surface area contributed by atoms with E-state index in [4.69, 9.17) is 5.73 Å². The molecule has 0 aromatic heterocycles. The summed E-state index contributed by atoms with van der Waals surface area (Å²) in [5, 5.41) is 3.39. The Morgan fingerprint density at radius 3 is 2.41 bits per heavy atom.